The van der Waals surface area contributed by atoms with Gasteiger partial charge in [0.2, 0.25) is 10.2 Å². The molecule has 0 aliphatic rings. The molecule has 7 nitrogen and oxygen atoms in total. The maximum Gasteiger partial charge on any atom is 0.227 e. The Kier molecular flexibility index (Phi) is 2.88. The predicted molar refractivity (Wildman–Crippen MR) is 61.8 cm³/mol. The van der Waals surface area contributed by atoms with Crippen LogP contribution in [-0.2, 0) is 0 Å². The van der Waals surface area contributed by atoms with Gasteiger partial charge in [0, 0.05) is 6.07 Å². The molecule has 0 bridgehead atoms. The molecule has 2 N–H and O–H groups in total. The van der Waals surface area contributed by atoms with Crippen molar-refractivity contribution in [2.75, 3.05) is 0 Å². The summed E-state index contributed by atoms with van der Waals surface area (Å²) in [6.45, 7) is 1.72. The highest BCUT2D eigenvalue weighted by Gasteiger charge is 2.00. The highest BCUT2D eigenvalue weighted by atomic mass is 32.1. The van der Waals surface area contributed by atoms with Gasteiger partial charge < -0.3 is 9.52 Å². The van der Waals surface area contributed by atoms with Crippen LogP contribution in [-0.4, -0.2) is 26.2 Å². The fourth-order valence-corrected chi connectivity index (χ4v) is 1.33. The van der Waals surface area contributed by atoms with Crippen LogP contribution in [0.1, 0.15) is 11.6 Å². The van der Waals surface area contributed by atoms with Crippen molar-refractivity contribution < 1.29 is 9.52 Å². The normalized spacial score (nSPS) is 11.1. The topological polar surface area (TPSA) is 96.4 Å². The highest BCUT2D eigenvalue weighted by molar-refractivity contribution is 7.71. The summed E-state index contributed by atoms with van der Waals surface area (Å²) in [7, 11) is 0. The Morgan fingerprint density at radius 2 is 2.47 bits per heavy atom. The van der Waals surface area contributed by atoms with E-state index >= 15 is 0 Å². The second-order valence-corrected chi connectivity index (χ2v) is 3.55. The molecular weight excluding hydrogens is 244 g/mol. The standard InChI is InChI=1S/C9H8N4O3S/c1-5-11-12-9(17)13(5)10-3-6-2-7(14)8(15)4-16-6/h2-4,15H,1H3,(H,12,17). The van der Waals surface area contributed by atoms with E-state index in [9.17, 15) is 4.79 Å². The van der Waals surface area contributed by atoms with Crippen molar-refractivity contribution in [3.05, 3.63) is 38.9 Å². The Balaban J connectivity index is 2.36. The lowest BCUT2D eigenvalue weighted by Gasteiger charge is -1.94. The molecule has 0 spiro atoms. The highest BCUT2D eigenvalue weighted by Crippen LogP contribution is 2.02. The molecule has 0 amide bonds. The van der Waals surface area contributed by atoms with Crippen molar-refractivity contribution in [2.24, 2.45) is 5.10 Å². The van der Waals surface area contributed by atoms with E-state index in [0.717, 1.165) is 12.3 Å². The van der Waals surface area contributed by atoms with E-state index < -0.39 is 11.2 Å². The number of aromatic amines is 1. The Hall–Kier alpha value is -2.22. The Morgan fingerprint density at radius 3 is 3.06 bits per heavy atom. The molecule has 0 saturated heterocycles. The third-order valence-electron chi connectivity index (χ3n) is 1.95. The summed E-state index contributed by atoms with van der Waals surface area (Å²) in [4.78, 5) is 11.1. The number of aryl methyl sites for hydroxylation is 1. The zero-order chi connectivity index (χ0) is 12.4. The van der Waals surface area contributed by atoms with Gasteiger partial charge in [0.15, 0.2) is 11.5 Å². The molecule has 0 fully saturated rings. The maximum atomic E-state index is 11.1. The largest absolute Gasteiger partial charge is 0.502 e. The van der Waals surface area contributed by atoms with Gasteiger partial charge in [0.1, 0.15) is 12.1 Å². The number of nitrogens with one attached hydrogen (secondary N) is 1. The number of hydrogen-bond donors (Lipinski definition) is 2. The summed E-state index contributed by atoms with van der Waals surface area (Å²) >= 11 is 4.93. The van der Waals surface area contributed by atoms with Crippen molar-refractivity contribution in [3.8, 4) is 5.75 Å². The Morgan fingerprint density at radius 1 is 1.71 bits per heavy atom. The van der Waals surface area contributed by atoms with Gasteiger partial charge in [-0.05, 0) is 19.1 Å². The number of hydrogen-bond acceptors (Lipinski definition) is 6. The van der Waals surface area contributed by atoms with Crippen molar-refractivity contribution >= 4 is 18.4 Å². The number of aromatic hydroxyl groups is 1. The summed E-state index contributed by atoms with van der Waals surface area (Å²) in [6, 6.07) is 1.12. The minimum absolute atomic E-state index is 0.204. The van der Waals surface area contributed by atoms with Crippen molar-refractivity contribution in [2.45, 2.75) is 6.92 Å². The summed E-state index contributed by atoms with van der Waals surface area (Å²) in [5, 5.41) is 19.4. The van der Waals surface area contributed by atoms with Crippen LogP contribution >= 0.6 is 12.2 Å². The molecular formula is C9H8N4O3S. The fourth-order valence-electron chi connectivity index (χ4n) is 1.11. The van der Waals surface area contributed by atoms with Crippen molar-refractivity contribution in [1.29, 1.82) is 0 Å². The first-order valence-corrected chi connectivity index (χ1v) is 4.99. The lowest BCUT2D eigenvalue weighted by atomic mass is 10.4. The molecule has 0 saturated carbocycles. The van der Waals surface area contributed by atoms with Gasteiger partial charge in [0.25, 0.3) is 0 Å². The van der Waals surface area contributed by atoms with E-state index in [0.29, 0.717) is 10.6 Å². The van der Waals surface area contributed by atoms with Gasteiger partial charge in [-0.3, -0.25) is 9.89 Å². The Labute approximate surface area is 100 Å². The van der Waals surface area contributed by atoms with E-state index in [-0.39, 0.29) is 5.76 Å². The smallest absolute Gasteiger partial charge is 0.227 e. The predicted octanol–water partition coefficient (Wildman–Crippen LogP) is 0.790. The van der Waals surface area contributed by atoms with E-state index in [1.807, 2.05) is 0 Å². The molecule has 0 aromatic carbocycles. The monoisotopic (exact) mass is 252 g/mol. The molecule has 0 radical (unpaired) electrons. The molecule has 0 aliphatic heterocycles. The quantitative estimate of drug-likeness (QED) is 0.608. The zero-order valence-corrected chi connectivity index (χ0v) is 9.56. The minimum Gasteiger partial charge on any atom is -0.502 e. The SMILES string of the molecule is Cc1n[nH]c(=S)n1N=Cc1cc(=O)c(O)co1. The van der Waals surface area contributed by atoms with Crippen LogP contribution in [0.15, 0.2) is 26.6 Å². The lowest BCUT2D eigenvalue weighted by Crippen LogP contribution is -2.00. The lowest BCUT2D eigenvalue weighted by molar-refractivity contribution is 0.427. The number of H-pyrrole nitrogens is 1. The van der Waals surface area contributed by atoms with Crippen LogP contribution in [0.5, 0.6) is 5.75 Å². The second kappa shape index (κ2) is 4.34. The second-order valence-electron chi connectivity index (χ2n) is 3.16. The molecule has 88 valence electrons. The molecule has 0 unspecified atom stereocenters. The zero-order valence-electron chi connectivity index (χ0n) is 8.75. The first-order chi connectivity index (χ1) is 8.08. The summed E-state index contributed by atoms with van der Waals surface area (Å²) in [6.07, 6.45) is 2.25. The summed E-state index contributed by atoms with van der Waals surface area (Å²) in [5.41, 5.74) is -0.537. The molecule has 0 aliphatic carbocycles. The van der Waals surface area contributed by atoms with Gasteiger partial charge in [-0.25, -0.2) is 0 Å². The van der Waals surface area contributed by atoms with E-state index in [1.54, 1.807) is 6.92 Å². The maximum absolute atomic E-state index is 11.1. The number of rotatable bonds is 2. The van der Waals surface area contributed by atoms with Crippen LogP contribution in [0.25, 0.3) is 0 Å². The molecule has 2 rings (SSSR count). The van der Waals surface area contributed by atoms with E-state index in [4.69, 9.17) is 21.7 Å². The van der Waals surface area contributed by atoms with Crippen molar-refractivity contribution in [3.63, 3.8) is 0 Å². The van der Waals surface area contributed by atoms with Gasteiger partial charge in [-0.15, -0.1) is 0 Å². The van der Waals surface area contributed by atoms with Gasteiger partial charge in [-0.1, -0.05) is 0 Å². The first-order valence-electron chi connectivity index (χ1n) is 4.58. The molecule has 2 aromatic heterocycles. The third-order valence-corrected chi connectivity index (χ3v) is 2.21. The fraction of sp³-hybridized carbons (Fsp3) is 0.111. The molecule has 2 heterocycles. The van der Waals surface area contributed by atoms with Crippen LogP contribution in [0, 0.1) is 11.7 Å². The number of nitrogens with zero attached hydrogens (tertiary/aromatic N) is 3. The Bertz CT molecular complexity index is 682. The molecule has 17 heavy (non-hydrogen) atoms. The van der Waals surface area contributed by atoms with Crippen LogP contribution in [0.2, 0.25) is 0 Å². The van der Waals surface area contributed by atoms with E-state index in [1.165, 1.54) is 10.9 Å². The molecule has 0 atom stereocenters. The molecule has 8 heteroatoms. The minimum atomic E-state index is -0.537. The van der Waals surface area contributed by atoms with Crippen LogP contribution in [0.3, 0.4) is 0 Å². The van der Waals surface area contributed by atoms with Gasteiger partial charge >= 0.3 is 0 Å². The summed E-state index contributed by atoms with van der Waals surface area (Å²) in [5.74, 6) is 0.334. The summed E-state index contributed by atoms with van der Waals surface area (Å²) < 4.78 is 6.65. The first kappa shape index (κ1) is 11.3. The average Bonchev–Trinajstić information content (AvgIpc) is 2.61. The van der Waals surface area contributed by atoms with Crippen molar-refractivity contribution in [1.82, 2.24) is 14.9 Å². The third kappa shape index (κ3) is 2.31. The average molecular weight is 252 g/mol. The van der Waals surface area contributed by atoms with Crippen LogP contribution < -0.4 is 5.43 Å². The molecule has 2 aromatic rings. The van der Waals surface area contributed by atoms with Gasteiger partial charge in [-0.2, -0.15) is 14.9 Å². The van der Waals surface area contributed by atoms with Crippen LogP contribution in [0.4, 0.5) is 0 Å². The number of aromatic nitrogens is 3. The van der Waals surface area contributed by atoms with E-state index in [2.05, 4.69) is 15.3 Å². The van der Waals surface area contributed by atoms with Gasteiger partial charge in [0.05, 0.1) is 6.21 Å².